The molecule has 1 saturated heterocycles. The summed E-state index contributed by atoms with van der Waals surface area (Å²) in [4.78, 5) is 12.8. The summed E-state index contributed by atoms with van der Waals surface area (Å²) in [5.41, 5.74) is 0.315. The third-order valence-corrected chi connectivity index (χ3v) is 3.09. The molecule has 1 atom stereocenters. The number of nitrogens with one attached hydrogen (secondary N) is 2. The molecule has 1 aromatic carbocycles. The van der Waals surface area contributed by atoms with E-state index in [1.54, 1.807) is 0 Å². The Bertz CT molecular complexity index is 1020. The van der Waals surface area contributed by atoms with Gasteiger partial charge in [-0.05, 0) is 50.1 Å². The van der Waals surface area contributed by atoms with Crippen LogP contribution < -0.4 is 5.31 Å². The third kappa shape index (κ3) is 3.19. The smallest absolute Gasteiger partial charge is 0.407 e. The van der Waals surface area contributed by atoms with E-state index in [1.807, 2.05) is 0 Å². The molecule has 2 N–H and O–H groups in total. The Morgan fingerprint density at radius 3 is 3.33 bits per heavy atom. The van der Waals surface area contributed by atoms with Gasteiger partial charge in [-0.2, -0.15) is 0 Å². The molecule has 2 aromatic rings. The number of nitrogens with zero attached hydrogens (tertiary/aromatic N) is 1. The average Bonchev–Trinajstić information content (AvgIpc) is 3.12. The van der Waals surface area contributed by atoms with Crippen LogP contribution >= 0.6 is 0 Å². The summed E-state index contributed by atoms with van der Waals surface area (Å²) >= 11 is 0. The number of aromatic nitrogens is 1. The van der Waals surface area contributed by atoms with E-state index in [0.29, 0.717) is 10.2 Å². The minimum absolute atomic E-state index is 0.0465. The lowest BCUT2D eigenvalue weighted by Gasteiger charge is -2.09. The number of rotatable bonds is 5. The first-order chi connectivity index (χ1) is 14.1. The van der Waals surface area contributed by atoms with Crippen molar-refractivity contribution in [2.24, 2.45) is 0 Å². The molecule has 0 unspecified atom stereocenters. The van der Waals surface area contributed by atoms with E-state index in [9.17, 15) is 4.79 Å². The first-order valence-electron chi connectivity index (χ1n) is 11.3. The van der Waals surface area contributed by atoms with Crippen LogP contribution in [0.1, 0.15) is 22.1 Å². The largest absolute Gasteiger partial charge is 0.447 e. The van der Waals surface area contributed by atoms with Gasteiger partial charge >= 0.3 is 6.09 Å². The number of benzene rings is 1. The number of hydrogen-bond acceptors (Lipinski definition) is 3. The number of ether oxygens (including phenoxy) is 1. The average molecular weight is 297 g/mol. The number of cyclic esters (lactones) is 1. The molecule has 3 rings (SSSR count). The number of aromatic amines is 1. The molecule has 1 aliphatic rings. The van der Waals surface area contributed by atoms with Gasteiger partial charge in [-0.3, -0.25) is 0 Å². The number of hydrogen-bond donors (Lipinski definition) is 2. The molecular formula is C16H21N3O2. The minimum atomic E-state index is -2.72. The highest BCUT2D eigenvalue weighted by Crippen LogP contribution is 2.21. The van der Waals surface area contributed by atoms with Gasteiger partial charge in [-0.25, -0.2) is 4.79 Å². The van der Waals surface area contributed by atoms with E-state index >= 15 is 0 Å². The highest BCUT2D eigenvalue weighted by atomic mass is 16.6. The van der Waals surface area contributed by atoms with Crippen LogP contribution in [-0.4, -0.2) is 49.1 Å². The zero-order valence-electron chi connectivity index (χ0n) is 21.4. The molecule has 0 saturated carbocycles. The molecule has 112 valence electrons. The summed E-state index contributed by atoms with van der Waals surface area (Å²) in [5.74, 6) is 0. The van der Waals surface area contributed by atoms with Crippen LogP contribution in [0, 0.1) is 0 Å². The number of fused-ring (bicyclic) bond motifs is 1. The maximum absolute atomic E-state index is 11.5. The number of amides is 1. The normalized spacial score (nSPS) is 27.6. The fourth-order valence-electron chi connectivity index (χ4n) is 2.10. The second-order valence-corrected chi connectivity index (χ2v) is 4.69. The highest BCUT2D eigenvalue weighted by molar-refractivity contribution is 5.84. The number of aryl methyl sites for hydroxylation is 1. The topological polar surface area (TPSA) is 57.4 Å². The lowest BCUT2D eigenvalue weighted by molar-refractivity contribution is 0.177. The Hall–Kier alpha value is -2.01. The van der Waals surface area contributed by atoms with E-state index in [1.165, 1.54) is 18.2 Å². The van der Waals surface area contributed by atoms with Gasteiger partial charge in [-0.1, -0.05) is 6.07 Å². The standard InChI is InChI=1S/C16H21N3O2/c1-19(2)6-5-12-9-17-15-4-3-11(8-14(12)15)7-13-10-21-16(20)18-13/h3-4,8-9,13,17H,5-7,10H2,1-2H3,(H,18,20)/t13-/m0/s1/i1D3,6D2,7D2,9D/hD2. The van der Waals surface area contributed by atoms with Gasteiger partial charge in [0.2, 0.25) is 0 Å². The van der Waals surface area contributed by atoms with Crippen LogP contribution in [0.5, 0.6) is 0 Å². The van der Waals surface area contributed by atoms with Crippen LogP contribution in [0.4, 0.5) is 4.79 Å². The van der Waals surface area contributed by atoms with Crippen molar-refractivity contribution in [2.75, 3.05) is 27.1 Å². The maximum atomic E-state index is 11.5. The molecule has 2 heterocycles. The van der Waals surface area contributed by atoms with Gasteiger partial charge in [0.15, 0.2) is 2.82 Å². The molecule has 0 spiro atoms. The number of likely N-dealkylation sites (N-methyl/N-ethyl adjacent to an activating group) is 1. The molecule has 1 amide bonds. The molecule has 1 fully saturated rings. The lowest BCUT2D eigenvalue weighted by atomic mass is 10.0. The molecule has 5 nitrogen and oxygen atoms in total. The van der Waals surface area contributed by atoms with Gasteiger partial charge < -0.3 is 19.9 Å². The Labute approximate surface area is 138 Å². The third-order valence-electron chi connectivity index (χ3n) is 3.09. The summed E-state index contributed by atoms with van der Waals surface area (Å²) in [6.45, 7) is -5.43. The Balaban J connectivity index is 2.08. The van der Waals surface area contributed by atoms with E-state index in [2.05, 4.69) is 0 Å². The highest BCUT2D eigenvalue weighted by Gasteiger charge is 2.22. The maximum Gasteiger partial charge on any atom is 0.407 e. The predicted molar refractivity (Wildman–Crippen MR) is 82.5 cm³/mol. The molecule has 21 heavy (non-hydrogen) atoms. The Kier molecular flexibility index (Phi) is 1.76. The van der Waals surface area contributed by atoms with Crippen LogP contribution in [0.15, 0.2) is 24.4 Å². The molecule has 0 radical (unpaired) electrons. The minimum Gasteiger partial charge on any atom is -0.447 e. The fourth-order valence-corrected chi connectivity index (χ4v) is 2.10. The van der Waals surface area contributed by atoms with Crippen molar-refractivity contribution < 1.29 is 23.3 Å². The van der Waals surface area contributed by atoms with E-state index in [0.717, 1.165) is 12.0 Å². The number of H-pyrrole nitrogens is 1. The molecular weight excluding hydrogens is 266 g/mol. The van der Waals surface area contributed by atoms with Crippen LogP contribution in [0.25, 0.3) is 10.9 Å². The predicted octanol–water partition coefficient (Wildman–Crippen LogP) is 1.92. The van der Waals surface area contributed by atoms with Gasteiger partial charge in [0.1, 0.15) is 6.61 Å². The summed E-state index contributed by atoms with van der Waals surface area (Å²) in [5, 5.41) is 0.631. The summed E-state index contributed by atoms with van der Waals surface area (Å²) in [6, 6.07) is 2.89. The quantitative estimate of drug-likeness (QED) is 0.886. The summed E-state index contributed by atoms with van der Waals surface area (Å²) in [7, 11) is 1.10. The molecule has 5 heteroatoms. The SMILES string of the molecule is [2H]c1c(CC([2H])([2H])N(C)C([2H])([2H])[2H])c2cc(C([2H])([2H])[C@H]3COC(=O)N3[2H])ccc2n1[2H]. The van der Waals surface area contributed by atoms with Crippen molar-refractivity contribution in [3.05, 3.63) is 35.5 Å². The van der Waals surface area contributed by atoms with Gasteiger partial charge in [0, 0.05) is 33.2 Å². The number of alkyl carbamates (subject to hydrolysis) is 1. The van der Waals surface area contributed by atoms with Crippen molar-refractivity contribution >= 4 is 17.0 Å². The van der Waals surface area contributed by atoms with E-state index in [4.69, 9.17) is 18.5 Å². The van der Waals surface area contributed by atoms with Crippen molar-refractivity contribution in [1.29, 1.82) is 0 Å². The molecule has 1 aliphatic heterocycles. The molecule has 0 bridgehead atoms. The van der Waals surface area contributed by atoms with E-state index in [-0.39, 0.29) is 34.8 Å². The first kappa shape index (κ1) is 6.40. The monoisotopic (exact) mass is 297 g/mol. The van der Waals surface area contributed by atoms with Gasteiger partial charge in [-0.15, -0.1) is 0 Å². The van der Waals surface area contributed by atoms with Crippen LogP contribution in [0.2, 0.25) is 2.82 Å². The van der Waals surface area contributed by atoms with E-state index < -0.39 is 38.4 Å². The van der Waals surface area contributed by atoms with Crippen LogP contribution in [0.3, 0.4) is 0 Å². The second-order valence-electron chi connectivity index (χ2n) is 4.69. The van der Waals surface area contributed by atoms with Gasteiger partial charge in [0.05, 0.1) is 7.41 Å². The molecule has 1 aromatic heterocycles. The number of carbonyl (C=O) groups excluding carboxylic acids is 1. The Morgan fingerprint density at radius 2 is 2.57 bits per heavy atom. The summed E-state index contributed by atoms with van der Waals surface area (Å²) < 4.78 is 84.3. The first-order valence-corrected chi connectivity index (χ1v) is 6.41. The van der Waals surface area contributed by atoms with Crippen molar-refractivity contribution in [3.63, 3.8) is 0 Å². The Morgan fingerprint density at radius 1 is 1.67 bits per heavy atom. The van der Waals surface area contributed by atoms with Crippen molar-refractivity contribution in [3.8, 4) is 0 Å². The lowest BCUT2D eigenvalue weighted by Crippen LogP contribution is -2.28. The van der Waals surface area contributed by atoms with Gasteiger partial charge in [0.25, 0.3) is 0 Å². The zero-order chi connectivity index (χ0) is 23.5. The zero-order valence-corrected chi connectivity index (χ0v) is 11.4. The fraction of sp³-hybridized carbons (Fsp3) is 0.438. The van der Waals surface area contributed by atoms with Crippen LogP contribution in [-0.2, 0) is 17.5 Å². The van der Waals surface area contributed by atoms with Crippen molar-refractivity contribution in [2.45, 2.75) is 18.8 Å². The molecule has 0 aliphatic carbocycles. The summed E-state index contributed by atoms with van der Waals surface area (Å²) in [6.07, 6.45) is -4.05. The number of carbonyl (C=O) groups is 1. The second kappa shape index (κ2) is 5.77. The van der Waals surface area contributed by atoms with Crippen molar-refractivity contribution in [1.82, 2.24) is 15.2 Å².